The van der Waals surface area contributed by atoms with E-state index < -0.39 is 0 Å². The lowest BCUT2D eigenvalue weighted by molar-refractivity contribution is 0.273. The summed E-state index contributed by atoms with van der Waals surface area (Å²) >= 11 is 0. The van der Waals surface area contributed by atoms with Crippen molar-refractivity contribution in [2.24, 2.45) is 0 Å². The molecule has 1 aliphatic carbocycles. The SMILES string of the molecule is CCOc1ccc(C2=COC=C(CC3=CC=CCC3)O2)cc1C(C)(C)C. The summed E-state index contributed by atoms with van der Waals surface area (Å²) in [5.74, 6) is 2.51. The van der Waals surface area contributed by atoms with Gasteiger partial charge in [-0.05, 0) is 43.4 Å². The molecule has 0 radical (unpaired) electrons. The Kier molecular flexibility index (Phi) is 5.55. The van der Waals surface area contributed by atoms with Gasteiger partial charge in [0, 0.05) is 17.5 Å². The molecular weight excluding hydrogens is 324 g/mol. The average molecular weight is 352 g/mol. The first-order valence-electron chi connectivity index (χ1n) is 9.32. The van der Waals surface area contributed by atoms with E-state index in [1.807, 2.05) is 19.1 Å². The largest absolute Gasteiger partial charge is 0.494 e. The molecule has 1 aromatic carbocycles. The summed E-state index contributed by atoms with van der Waals surface area (Å²) in [5.41, 5.74) is 3.51. The van der Waals surface area contributed by atoms with Crippen LogP contribution < -0.4 is 4.74 Å². The lowest BCUT2D eigenvalue weighted by Crippen LogP contribution is -2.14. The Balaban J connectivity index is 1.79. The van der Waals surface area contributed by atoms with Crippen LogP contribution in [-0.2, 0) is 14.9 Å². The van der Waals surface area contributed by atoms with Gasteiger partial charge in [0.15, 0.2) is 5.76 Å². The van der Waals surface area contributed by atoms with Crippen LogP contribution in [0.25, 0.3) is 5.76 Å². The minimum Gasteiger partial charge on any atom is -0.494 e. The molecule has 1 heterocycles. The van der Waals surface area contributed by atoms with Crippen LogP contribution in [0.5, 0.6) is 5.75 Å². The molecule has 0 saturated carbocycles. The summed E-state index contributed by atoms with van der Waals surface area (Å²) in [6.07, 6.45) is 12.8. The highest BCUT2D eigenvalue weighted by Gasteiger charge is 2.22. The maximum Gasteiger partial charge on any atom is 0.169 e. The van der Waals surface area contributed by atoms with Crippen molar-refractivity contribution in [3.63, 3.8) is 0 Å². The monoisotopic (exact) mass is 352 g/mol. The molecule has 26 heavy (non-hydrogen) atoms. The second-order valence-electron chi connectivity index (χ2n) is 7.67. The van der Waals surface area contributed by atoms with Gasteiger partial charge < -0.3 is 14.2 Å². The first-order chi connectivity index (χ1) is 12.5. The van der Waals surface area contributed by atoms with Crippen LogP contribution in [0.3, 0.4) is 0 Å². The summed E-state index contributed by atoms with van der Waals surface area (Å²) in [6, 6.07) is 6.20. The van der Waals surface area contributed by atoms with Crippen molar-refractivity contribution in [2.45, 2.75) is 52.4 Å². The molecule has 0 spiro atoms. The minimum absolute atomic E-state index is 0.0193. The Hall–Kier alpha value is -2.42. The Morgan fingerprint density at radius 3 is 2.69 bits per heavy atom. The molecule has 0 N–H and O–H groups in total. The Bertz CT molecular complexity index is 773. The topological polar surface area (TPSA) is 27.7 Å². The van der Waals surface area contributed by atoms with Crippen LogP contribution in [0.4, 0.5) is 0 Å². The number of allylic oxidation sites excluding steroid dienone is 4. The van der Waals surface area contributed by atoms with Gasteiger partial charge in [0.1, 0.15) is 24.0 Å². The third-order valence-electron chi connectivity index (χ3n) is 4.49. The van der Waals surface area contributed by atoms with Gasteiger partial charge in [0.05, 0.1) is 6.61 Å². The third-order valence-corrected chi connectivity index (χ3v) is 4.49. The molecule has 0 amide bonds. The fraction of sp³-hybridized carbons (Fsp3) is 0.391. The molecule has 0 bridgehead atoms. The Morgan fingerprint density at radius 1 is 1.15 bits per heavy atom. The molecule has 3 heteroatoms. The zero-order chi connectivity index (χ0) is 18.6. The van der Waals surface area contributed by atoms with Crippen molar-refractivity contribution >= 4 is 5.76 Å². The highest BCUT2D eigenvalue weighted by Crippen LogP contribution is 2.36. The van der Waals surface area contributed by atoms with Gasteiger partial charge in [-0.3, -0.25) is 0 Å². The molecule has 3 nitrogen and oxygen atoms in total. The van der Waals surface area contributed by atoms with Gasteiger partial charge in [0.25, 0.3) is 0 Å². The Morgan fingerprint density at radius 2 is 2.00 bits per heavy atom. The zero-order valence-electron chi connectivity index (χ0n) is 16.2. The normalized spacial score (nSPS) is 16.8. The van der Waals surface area contributed by atoms with Gasteiger partial charge in [0.2, 0.25) is 0 Å². The molecular formula is C23H28O3. The van der Waals surface area contributed by atoms with Gasteiger partial charge in [-0.2, -0.15) is 0 Å². The lowest BCUT2D eigenvalue weighted by Gasteiger charge is -2.24. The van der Waals surface area contributed by atoms with Crippen LogP contribution in [0.1, 0.15) is 58.1 Å². The zero-order valence-corrected chi connectivity index (χ0v) is 16.2. The second-order valence-corrected chi connectivity index (χ2v) is 7.67. The summed E-state index contributed by atoms with van der Waals surface area (Å²) in [4.78, 5) is 0. The van der Waals surface area contributed by atoms with E-state index in [1.165, 1.54) is 5.57 Å². The highest BCUT2D eigenvalue weighted by molar-refractivity contribution is 5.63. The molecule has 0 fully saturated rings. The van der Waals surface area contributed by atoms with Crippen molar-refractivity contribution in [2.75, 3.05) is 6.61 Å². The summed E-state index contributed by atoms with van der Waals surface area (Å²) in [5, 5.41) is 0. The number of hydrogen-bond acceptors (Lipinski definition) is 3. The molecule has 0 unspecified atom stereocenters. The van der Waals surface area contributed by atoms with Crippen molar-refractivity contribution in [3.05, 3.63) is 71.4 Å². The van der Waals surface area contributed by atoms with Crippen molar-refractivity contribution in [3.8, 4) is 5.75 Å². The molecule has 0 saturated heterocycles. The van der Waals surface area contributed by atoms with Crippen molar-refractivity contribution in [1.82, 2.24) is 0 Å². The molecule has 0 aromatic heterocycles. The van der Waals surface area contributed by atoms with Crippen LogP contribution in [0.2, 0.25) is 0 Å². The minimum atomic E-state index is -0.0193. The number of hydrogen-bond donors (Lipinski definition) is 0. The first-order valence-corrected chi connectivity index (χ1v) is 9.32. The van der Waals surface area contributed by atoms with Gasteiger partial charge >= 0.3 is 0 Å². The van der Waals surface area contributed by atoms with E-state index in [2.05, 4.69) is 45.1 Å². The van der Waals surface area contributed by atoms with E-state index in [4.69, 9.17) is 14.2 Å². The van der Waals surface area contributed by atoms with E-state index >= 15 is 0 Å². The van der Waals surface area contributed by atoms with Crippen molar-refractivity contribution in [1.29, 1.82) is 0 Å². The van der Waals surface area contributed by atoms with E-state index in [9.17, 15) is 0 Å². The van der Waals surface area contributed by atoms with Crippen LogP contribution in [0, 0.1) is 0 Å². The van der Waals surface area contributed by atoms with E-state index in [0.717, 1.165) is 47.7 Å². The quantitative estimate of drug-likeness (QED) is 0.628. The molecule has 2 aliphatic rings. The number of ether oxygens (including phenoxy) is 3. The highest BCUT2D eigenvalue weighted by atomic mass is 16.5. The first kappa shape index (κ1) is 18.4. The van der Waals surface area contributed by atoms with Crippen molar-refractivity contribution < 1.29 is 14.2 Å². The Labute approximate surface area is 156 Å². The maximum atomic E-state index is 6.13. The maximum absolute atomic E-state index is 6.13. The molecule has 1 aliphatic heterocycles. The van der Waals surface area contributed by atoms with Crippen LogP contribution in [0.15, 0.2) is 60.3 Å². The molecule has 138 valence electrons. The van der Waals surface area contributed by atoms with Gasteiger partial charge in [-0.25, -0.2) is 0 Å². The summed E-state index contributed by atoms with van der Waals surface area (Å²) in [7, 11) is 0. The third kappa shape index (κ3) is 4.40. The predicted octanol–water partition coefficient (Wildman–Crippen LogP) is 6.24. The second kappa shape index (κ2) is 7.86. The standard InChI is InChI=1S/C23H28O3/c1-5-25-21-12-11-18(14-20(21)23(2,3)4)22-16-24-15-19(26-22)13-17-9-7-6-8-10-17/h6-7,9,11-12,14-16H,5,8,10,13H2,1-4H3. The molecule has 3 rings (SSSR count). The average Bonchev–Trinajstić information content (AvgIpc) is 2.62. The molecule has 0 atom stereocenters. The van der Waals surface area contributed by atoms with E-state index in [1.54, 1.807) is 12.5 Å². The predicted molar refractivity (Wildman–Crippen MR) is 106 cm³/mol. The van der Waals surface area contributed by atoms with Crippen LogP contribution >= 0.6 is 0 Å². The smallest absolute Gasteiger partial charge is 0.169 e. The van der Waals surface area contributed by atoms with Gasteiger partial charge in [-0.15, -0.1) is 0 Å². The van der Waals surface area contributed by atoms with E-state index in [-0.39, 0.29) is 5.41 Å². The lowest BCUT2D eigenvalue weighted by atomic mass is 9.85. The van der Waals surface area contributed by atoms with Crippen LogP contribution in [-0.4, -0.2) is 6.61 Å². The number of rotatable bonds is 5. The fourth-order valence-electron chi connectivity index (χ4n) is 3.14. The van der Waals surface area contributed by atoms with Gasteiger partial charge in [-0.1, -0.05) is 44.6 Å². The fourth-order valence-corrected chi connectivity index (χ4v) is 3.14. The number of benzene rings is 1. The van der Waals surface area contributed by atoms with E-state index in [0.29, 0.717) is 6.61 Å². The summed E-state index contributed by atoms with van der Waals surface area (Å²) < 4.78 is 17.5. The summed E-state index contributed by atoms with van der Waals surface area (Å²) in [6.45, 7) is 9.23. The molecule has 1 aromatic rings.